The van der Waals surface area contributed by atoms with Gasteiger partial charge in [0.05, 0.1) is 22.3 Å². The summed E-state index contributed by atoms with van der Waals surface area (Å²) in [5.41, 5.74) is 11.5. The van der Waals surface area contributed by atoms with E-state index in [2.05, 4.69) is 134 Å². The average molecular weight is 567 g/mol. The topological polar surface area (TPSA) is 28.7 Å². The van der Waals surface area contributed by atoms with Crippen molar-refractivity contribution in [3.8, 4) is 34.0 Å². The van der Waals surface area contributed by atoms with Crippen LogP contribution < -0.4 is 0 Å². The number of nitrogens with zero attached hydrogens (tertiary/aromatic N) is 2. The van der Waals surface area contributed by atoms with Crippen LogP contribution in [0.5, 0.6) is 0 Å². The van der Waals surface area contributed by atoms with E-state index < -0.39 is 0 Å². The van der Waals surface area contributed by atoms with E-state index in [1.165, 1.54) is 53.2 Å². The van der Waals surface area contributed by atoms with Gasteiger partial charge in [0.1, 0.15) is 6.07 Å². The van der Waals surface area contributed by atoms with E-state index in [1.54, 1.807) is 0 Å². The van der Waals surface area contributed by atoms with E-state index in [-0.39, 0.29) is 5.41 Å². The van der Waals surface area contributed by atoms with Gasteiger partial charge in [-0.15, -0.1) is 11.3 Å². The summed E-state index contributed by atoms with van der Waals surface area (Å²) in [6, 6.07) is 45.9. The van der Waals surface area contributed by atoms with Gasteiger partial charge in [-0.1, -0.05) is 105 Å². The van der Waals surface area contributed by atoms with Gasteiger partial charge in [0.2, 0.25) is 0 Å². The molecule has 2 nitrogen and oxygen atoms in total. The number of aromatic nitrogens is 1. The highest BCUT2D eigenvalue weighted by Gasteiger charge is 2.37. The molecule has 6 aromatic carbocycles. The molecule has 2 heterocycles. The highest BCUT2D eigenvalue weighted by atomic mass is 32.1. The molecule has 0 unspecified atom stereocenters. The van der Waals surface area contributed by atoms with Crippen LogP contribution in [0.2, 0.25) is 0 Å². The summed E-state index contributed by atoms with van der Waals surface area (Å²) in [7, 11) is 0. The molecule has 0 saturated heterocycles. The Morgan fingerprint density at radius 3 is 2.09 bits per heavy atom. The van der Waals surface area contributed by atoms with E-state index >= 15 is 0 Å². The molecule has 0 fully saturated rings. The fraction of sp³-hybridized carbons (Fsp3) is 0.0750. The third-order valence-electron chi connectivity index (χ3n) is 9.43. The maximum atomic E-state index is 10.4. The first-order chi connectivity index (χ1) is 21.1. The zero-order valence-corrected chi connectivity index (χ0v) is 24.7. The highest BCUT2D eigenvalue weighted by molar-refractivity contribution is 7.26. The van der Waals surface area contributed by atoms with Crippen molar-refractivity contribution in [3.63, 3.8) is 0 Å². The number of nitriles is 1. The maximum absolute atomic E-state index is 10.4. The van der Waals surface area contributed by atoms with E-state index in [1.807, 2.05) is 23.5 Å². The number of thiophene rings is 1. The summed E-state index contributed by atoms with van der Waals surface area (Å²) in [6.45, 7) is 4.72. The average Bonchev–Trinajstić information content (AvgIpc) is 3.66. The summed E-state index contributed by atoms with van der Waals surface area (Å²) in [6.07, 6.45) is 0. The summed E-state index contributed by atoms with van der Waals surface area (Å²) < 4.78 is 4.94. The molecule has 1 aliphatic rings. The molecular formula is C40H26N2S. The molecule has 202 valence electrons. The second-order valence-corrected chi connectivity index (χ2v) is 13.1. The minimum absolute atomic E-state index is 0.0556. The molecule has 0 bridgehead atoms. The van der Waals surface area contributed by atoms with Crippen molar-refractivity contribution < 1.29 is 0 Å². The minimum atomic E-state index is -0.0556. The lowest BCUT2D eigenvalue weighted by Gasteiger charge is -2.22. The molecular weight excluding hydrogens is 541 g/mol. The quantitative estimate of drug-likeness (QED) is 0.205. The van der Waals surface area contributed by atoms with Crippen LogP contribution in [0.25, 0.3) is 69.9 Å². The molecule has 0 saturated carbocycles. The van der Waals surface area contributed by atoms with Crippen LogP contribution in [-0.2, 0) is 5.41 Å². The van der Waals surface area contributed by atoms with Gasteiger partial charge in [-0.2, -0.15) is 5.26 Å². The molecule has 0 aliphatic heterocycles. The second-order valence-electron chi connectivity index (χ2n) is 12.0. The molecule has 0 radical (unpaired) electrons. The van der Waals surface area contributed by atoms with Gasteiger partial charge in [-0.3, -0.25) is 0 Å². The molecule has 3 heteroatoms. The zero-order valence-electron chi connectivity index (χ0n) is 23.8. The van der Waals surface area contributed by atoms with Gasteiger partial charge in [0.15, 0.2) is 0 Å². The standard InChI is InChI=1S/C40H26N2S/c1-40(2)33-15-6-3-11-27(33)30-19-20-31-32-22-24(18-21-36(32)43-39(31)37(30)40)26-14-9-10-25(23-41)38(26)42-34-16-7-4-12-28(34)29-13-5-8-17-35(29)42/h3-22H,1-2H3. The third-order valence-corrected chi connectivity index (χ3v) is 10.6. The number of hydrogen-bond acceptors (Lipinski definition) is 2. The molecule has 2 aromatic heterocycles. The van der Waals surface area contributed by atoms with Crippen molar-refractivity contribution >= 4 is 53.3 Å². The Kier molecular flexibility index (Phi) is 4.93. The van der Waals surface area contributed by atoms with Crippen LogP contribution in [0.3, 0.4) is 0 Å². The SMILES string of the molecule is CC1(C)c2ccccc2-c2ccc3c(sc4ccc(-c5cccc(C#N)c5-n5c6ccccc6c6ccccc65)cc43)c21. The lowest BCUT2D eigenvalue weighted by Crippen LogP contribution is -2.14. The Morgan fingerprint density at radius 2 is 1.33 bits per heavy atom. The van der Waals surface area contributed by atoms with Crippen LogP contribution >= 0.6 is 11.3 Å². The smallest absolute Gasteiger partial charge is 0.101 e. The molecule has 8 aromatic rings. The van der Waals surface area contributed by atoms with Crippen molar-refractivity contribution in [2.75, 3.05) is 0 Å². The number of rotatable bonds is 2. The summed E-state index contributed by atoms with van der Waals surface area (Å²) in [5, 5.41) is 15.3. The summed E-state index contributed by atoms with van der Waals surface area (Å²) >= 11 is 1.90. The highest BCUT2D eigenvalue weighted by Crippen LogP contribution is 2.54. The minimum Gasteiger partial charge on any atom is -0.307 e. The van der Waals surface area contributed by atoms with Crippen molar-refractivity contribution in [3.05, 3.63) is 138 Å². The van der Waals surface area contributed by atoms with Gasteiger partial charge in [-0.25, -0.2) is 0 Å². The Bertz CT molecular complexity index is 2450. The number of hydrogen-bond donors (Lipinski definition) is 0. The number of para-hydroxylation sites is 3. The molecule has 1 aliphatic carbocycles. The molecule has 0 N–H and O–H groups in total. The predicted octanol–water partition coefficient (Wildman–Crippen LogP) is 11.0. The van der Waals surface area contributed by atoms with Crippen LogP contribution in [-0.4, -0.2) is 4.57 Å². The van der Waals surface area contributed by atoms with Crippen LogP contribution in [0, 0.1) is 11.3 Å². The van der Waals surface area contributed by atoms with Gasteiger partial charge >= 0.3 is 0 Å². The molecule has 0 amide bonds. The fourth-order valence-corrected chi connectivity index (χ4v) is 8.91. The molecule has 0 atom stereocenters. The normalized spacial score (nSPS) is 13.5. The van der Waals surface area contributed by atoms with E-state index in [4.69, 9.17) is 0 Å². The lowest BCUT2D eigenvalue weighted by atomic mass is 9.82. The number of fused-ring (bicyclic) bond motifs is 10. The van der Waals surface area contributed by atoms with Gasteiger partial charge in [0.25, 0.3) is 0 Å². The van der Waals surface area contributed by atoms with Gasteiger partial charge in [0, 0.05) is 41.9 Å². The zero-order chi connectivity index (χ0) is 28.9. The summed E-state index contributed by atoms with van der Waals surface area (Å²) in [4.78, 5) is 0. The Morgan fingerprint density at radius 1 is 0.628 bits per heavy atom. The number of benzene rings is 6. The fourth-order valence-electron chi connectivity index (χ4n) is 7.52. The lowest BCUT2D eigenvalue weighted by molar-refractivity contribution is 0.667. The Balaban J connectivity index is 1.32. The first kappa shape index (κ1) is 24.4. The third kappa shape index (κ3) is 3.22. The second kappa shape index (κ2) is 8.67. The molecule has 0 spiro atoms. The predicted molar refractivity (Wildman–Crippen MR) is 181 cm³/mol. The first-order valence-electron chi connectivity index (χ1n) is 14.7. The Labute approximate surface area is 253 Å². The molecule has 9 rings (SSSR count). The van der Waals surface area contributed by atoms with Crippen LogP contribution in [0.1, 0.15) is 30.5 Å². The van der Waals surface area contributed by atoms with Crippen LogP contribution in [0.15, 0.2) is 121 Å². The summed E-state index contributed by atoms with van der Waals surface area (Å²) in [5.74, 6) is 0. The largest absolute Gasteiger partial charge is 0.307 e. The van der Waals surface area contributed by atoms with Gasteiger partial charge in [-0.05, 0) is 58.1 Å². The Hall–Kier alpha value is -5.17. The van der Waals surface area contributed by atoms with E-state index in [0.29, 0.717) is 5.56 Å². The van der Waals surface area contributed by atoms with Crippen molar-refractivity contribution in [2.45, 2.75) is 19.3 Å². The van der Waals surface area contributed by atoms with E-state index in [9.17, 15) is 5.26 Å². The maximum Gasteiger partial charge on any atom is 0.101 e. The van der Waals surface area contributed by atoms with Crippen molar-refractivity contribution in [2.24, 2.45) is 0 Å². The molecule has 43 heavy (non-hydrogen) atoms. The first-order valence-corrected chi connectivity index (χ1v) is 15.5. The van der Waals surface area contributed by atoms with Crippen molar-refractivity contribution in [1.82, 2.24) is 4.57 Å². The van der Waals surface area contributed by atoms with E-state index in [0.717, 1.165) is 27.8 Å². The van der Waals surface area contributed by atoms with Crippen molar-refractivity contribution in [1.29, 1.82) is 5.26 Å². The monoisotopic (exact) mass is 566 g/mol. The van der Waals surface area contributed by atoms with Gasteiger partial charge < -0.3 is 4.57 Å². The van der Waals surface area contributed by atoms with Crippen LogP contribution in [0.4, 0.5) is 0 Å².